The van der Waals surface area contributed by atoms with Crippen molar-refractivity contribution in [1.82, 2.24) is 15.1 Å². The van der Waals surface area contributed by atoms with E-state index in [4.69, 9.17) is 23.2 Å². The standard InChI is InChI=1S/C19H17Cl2N3O3/c1-23(10-13-6-7-14(20)8-16(13)21)18(26)15-5-3-2-4-12(15)11-24-17(25)9-22-19(24)27/h2-8H,9-11H2,1H3,(H,22,27). The maximum atomic E-state index is 12.9. The van der Waals surface area contributed by atoms with Gasteiger partial charge in [-0.05, 0) is 29.3 Å². The first kappa shape index (κ1) is 19.2. The fraction of sp³-hybridized carbons (Fsp3) is 0.211. The summed E-state index contributed by atoms with van der Waals surface area (Å²) < 4.78 is 0. The molecule has 0 aliphatic carbocycles. The number of carbonyl (C=O) groups excluding carboxylic acids is 3. The Bertz CT molecular complexity index is 901. The van der Waals surface area contributed by atoms with Crippen molar-refractivity contribution in [3.8, 4) is 0 Å². The SMILES string of the molecule is CN(Cc1ccc(Cl)cc1Cl)C(=O)c1ccccc1CN1C(=O)CNC1=O. The van der Waals surface area contributed by atoms with Crippen LogP contribution in [-0.4, -0.2) is 41.2 Å². The van der Waals surface area contributed by atoms with E-state index in [9.17, 15) is 14.4 Å². The van der Waals surface area contributed by atoms with Crippen molar-refractivity contribution in [3.63, 3.8) is 0 Å². The molecule has 1 saturated heterocycles. The summed E-state index contributed by atoms with van der Waals surface area (Å²) in [5.74, 6) is -0.549. The van der Waals surface area contributed by atoms with Crippen LogP contribution in [0.3, 0.4) is 0 Å². The Morgan fingerprint density at radius 1 is 1.15 bits per heavy atom. The molecule has 27 heavy (non-hydrogen) atoms. The summed E-state index contributed by atoms with van der Waals surface area (Å²) in [6.07, 6.45) is 0. The molecule has 4 amide bonds. The van der Waals surface area contributed by atoms with Crippen molar-refractivity contribution in [3.05, 3.63) is 69.2 Å². The van der Waals surface area contributed by atoms with Crippen LogP contribution in [0.2, 0.25) is 10.0 Å². The molecule has 0 aromatic heterocycles. The van der Waals surface area contributed by atoms with Gasteiger partial charge in [-0.25, -0.2) is 4.79 Å². The summed E-state index contributed by atoms with van der Waals surface area (Å²) in [6, 6.07) is 11.6. The minimum absolute atomic E-state index is 0.0239. The van der Waals surface area contributed by atoms with E-state index in [0.717, 1.165) is 10.5 Å². The van der Waals surface area contributed by atoms with Gasteiger partial charge in [0, 0.05) is 29.2 Å². The highest BCUT2D eigenvalue weighted by atomic mass is 35.5. The number of hydrogen-bond donors (Lipinski definition) is 1. The molecule has 2 aromatic carbocycles. The first-order valence-electron chi connectivity index (χ1n) is 8.22. The Hall–Kier alpha value is -2.57. The molecule has 140 valence electrons. The number of imide groups is 1. The highest BCUT2D eigenvalue weighted by molar-refractivity contribution is 6.35. The van der Waals surface area contributed by atoms with Gasteiger partial charge < -0.3 is 10.2 Å². The Kier molecular flexibility index (Phi) is 5.68. The van der Waals surface area contributed by atoms with Crippen LogP contribution in [0.15, 0.2) is 42.5 Å². The second-order valence-corrected chi connectivity index (χ2v) is 7.04. The number of rotatable bonds is 5. The summed E-state index contributed by atoms with van der Waals surface area (Å²) in [5, 5.41) is 3.48. The monoisotopic (exact) mass is 405 g/mol. The lowest BCUT2D eigenvalue weighted by Gasteiger charge is -2.21. The third-order valence-electron chi connectivity index (χ3n) is 4.28. The van der Waals surface area contributed by atoms with Crippen molar-refractivity contribution in [2.45, 2.75) is 13.1 Å². The van der Waals surface area contributed by atoms with E-state index in [0.29, 0.717) is 27.7 Å². The van der Waals surface area contributed by atoms with E-state index in [2.05, 4.69) is 5.32 Å². The Morgan fingerprint density at radius 3 is 2.56 bits per heavy atom. The molecule has 1 N–H and O–H groups in total. The van der Waals surface area contributed by atoms with Crippen LogP contribution in [-0.2, 0) is 17.9 Å². The molecule has 0 radical (unpaired) electrons. The number of carbonyl (C=O) groups is 3. The summed E-state index contributed by atoms with van der Waals surface area (Å²) in [5.41, 5.74) is 1.79. The van der Waals surface area contributed by atoms with Gasteiger partial charge in [0.15, 0.2) is 0 Å². The molecule has 0 atom stereocenters. The molecule has 1 aliphatic heterocycles. The van der Waals surface area contributed by atoms with Crippen LogP contribution in [0.25, 0.3) is 0 Å². The van der Waals surface area contributed by atoms with Crippen LogP contribution in [0.5, 0.6) is 0 Å². The predicted molar refractivity (Wildman–Crippen MR) is 103 cm³/mol. The number of amides is 4. The second-order valence-electron chi connectivity index (χ2n) is 6.19. The van der Waals surface area contributed by atoms with E-state index < -0.39 is 6.03 Å². The van der Waals surface area contributed by atoms with Crippen molar-refractivity contribution in [2.75, 3.05) is 13.6 Å². The summed E-state index contributed by atoms with van der Waals surface area (Å²) in [7, 11) is 1.66. The average Bonchev–Trinajstić information content (AvgIpc) is 2.96. The summed E-state index contributed by atoms with van der Waals surface area (Å²) >= 11 is 12.1. The van der Waals surface area contributed by atoms with Gasteiger partial charge >= 0.3 is 6.03 Å². The van der Waals surface area contributed by atoms with Crippen molar-refractivity contribution in [1.29, 1.82) is 0 Å². The lowest BCUT2D eigenvalue weighted by Crippen LogP contribution is -2.32. The fourth-order valence-corrected chi connectivity index (χ4v) is 3.30. The molecule has 1 fully saturated rings. The molecule has 6 nitrogen and oxygen atoms in total. The van der Waals surface area contributed by atoms with Crippen LogP contribution < -0.4 is 5.32 Å². The molecular weight excluding hydrogens is 389 g/mol. The van der Waals surface area contributed by atoms with E-state index >= 15 is 0 Å². The topological polar surface area (TPSA) is 69.7 Å². The van der Waals surface area contributed by atoms with E-state index in [1.807, 2.05) is 0 Å². The number of benzene rings is 2. The van der Waals surface area contributed by atoms with Crippen LogP contribution in [0.4, 0.5) is 4.79 Å². The van der Waals surface area contributed by atoms with Crippen molar-refractivity contribution >= 4 is 41.0 Å². The number of halogens is 2. The van der Waals surface area contributed by atoms with Gasteiger partial charge in [-0.1, -0.05) is 47.5 Å². The third-order valence-corrected chi connectivity index (χ3v) is 4.87. The van der Waals surface area contributed by atoms with Gasteiger partial charge in [-0.2, -0.15) is 0 Å². The smallest absolute Gasteiger partial charge is 0.324 e. The van der Waals surface area contributed by atoms with Crippen LogP contribution in [0, 0.1) is 0 Å². The highest BCUT2D eigenvalue weighted by Gasteiger charge is 2.29. The number of urea groups is 1. The lowest BCUT2D eigenvalue weighted by molar-refractivity contribution is -0.125. The first-order chi connectivity index (χ1) is 12.9. The Labute approximate surface area is 166 Å². The maximum absolute atomic E-state index is 12.9. The number of nitrogens with zero attached hydrogens (tertiary/aromatic N) is 2. The summed E-state index contributed by atoms with van der Waals surface area (Å²) in [6.45, 7) is 0.318. The summed E-state index contributed by atoms with van der Waals surface area (Å²) in [4.78, 5) is 39.2. The number of hydrogen-bond acceptors (Lipinski definition) is 3. The minimum atomic E-state index is -0.455. The van der Waals surface area contributed by atoms with Gasteiger partial charge in [-0.3, -0.25) is 14.5 Å². The fourth-order valence-electron chi connectivity index (χ4n) is 2.84. The largest absolute Gasteiger partial charge is 0.337 e. The van der Waals surface area contributed by atoms with Crippen LogP contribution >= 0.6 is 23.2 Å². The van der Waals surface area contributed by atoms with Gasteiger partial charge in [0.25, 0.3) is 5.91 Å². The van der Waals surface area contributed by atoms with Gasteiger partial charge in [-0.15, -0.1) is 0 Å². The van der Waals surface area contributed by atoms with Crippen LogP contribution in [0.1, 0.15) is 21.5 Å². The second kappa shape index (κ2) is 7.98. The quantitative estimate of drug-likeness (QED) is 0.775. The predicted octanol–water partition coefficient (Wildman–Crippen LogP) is 3.32. The molecular formula is C19H17Cl2N3O3. The third kappa shape index (κ3) is 4.23. The zero-order valence-electron chi connectivity index (χ0n) is 14.5. The van der Waals surface area contributed by atoms with E-state index in [1.165, 1.54) is 4.90 Å². The molecule has 0 spiro atoms. The lowest BCUT2D eigenvalue weighted by atomic mass is 10.1. The molecule has 8 heteroatoms. The molecule has 2 aromatic rings. The maximum Gasteiger partial charge on any atom is 0.324 e. The van der Waals surface area contributed by atoms with Crippen molar-refractivity contribution in [2.24, 2.45) is 0 Å². The Morgan fingerprint density at radius 2 is 1.89 bits per heavy atom. The first-order valence-corrected chi connectivity index (χ1v) is 8.98. The zero-order valence-corrected chi connectivity index (χ0v) is 16.0. The van der Waals surface area contributed by atoms with E-state index in [1.54, 1.807) is 49.5 Å². The van der Waals surface area contributed by atoms with Gasteiger partial charge in [0.05, 0.1) is 13.1 Å². The van der Waals surface area contributed by atoms with Crippen molar-refractivity contribution < 1.29 is 14.4 Å². The molecule has 0 unspecified atom stereocenters. The number of nitrogens with one attached hydrogen (secondary N) is 1. The molecule has 1 aliphatic rings. The highest BCUT2D eigenvalue weighted by Crippen LogP contribution is 2.23. The average molecular weight is 406 g/mol. The molecule has 0 saturated carbocycles. The molecule has 0 bridgehead atoms. The van der Waals surface area contributed by atoms with Gasteiger partial charge in [0.2, 0.25) is 5.91 Å². The van der Waals surface area contributed by atoms with Gasteiger partial charge in [0.1, 0.15) is 0 Å². The molecule has 3 rings (SSSR count). The Balaban J connectivity index is 1.80. The zero-order chi connectivity index (χ0) is 19.6. The molecule has 1 heterocycles. The minimum Gasteiger partial charge on any atom is -0.337 e. The normalized spacial score (nSPS) is 13.7. The van der Waals surface area contributed by atoms with E-state index in [-0.39, 0.29) is 24.9 Å².